The normalized spacial score (nSPS) is 17.6. The fourth-order valence-electron chi connectivity index (χ4n) is 3.88. The summed E-state index contributed by atoms with van der Waals surface area (Å²) >= 11 is 0. The number of likely N-dealkylation sites (tertiary alicyclic amines) is 1. The van der Waals surface area contributed by atoms with Crippen molar-refractivity contribution in [1.82, 2.24) is 25.2 Å². The molecule has 1 unspecified atom stereocenters. The van der Waals surface area contributed by atoms with E-state index >= 15 is 0 Å². The molecule has 1 amide bonds. The topological polar surface area (TPSA) is 71.0 Å². The second-order valence-corrected chi connectivity index (χ2v) is 7.86. The van der Waals surface area contributed by atoms with Gasteiger partial charge in [0.25, 0.3) is 11.8 Å². The van der Waals surface area contributed by atoms with Gasteiger partial charge >= 0.3 is 6.18 Å². The predicted octanol–water partition coefficient (Wildman–Crippen LogP) is 4.25. The molecule has 1 atom stereocenters. The lowest BCUT2D eigenvalue weighted by molar-refractivity contribution is -0.145. The third kappa shape index (κ3) is 5.24. The monoisotopic (exact) mass is 465 g/mol. The molecule has 0 saturated carbocycles. The number of amides is 1. The third-order valence-corrected chi connectivity index (χ3v) is 5.66. The lowest BCUT2D eigenvalue weighted by Gasteiger charge is -2.37. The highest BCUT2D eigenvalue weighted by molar-refractivity contribution is 6.06. The van der Waals surface area contributed by atoms with Gasteiger partial charge in [-0.3, -0.25) is 14.7 Å². The molecule has 0 spiro atoms. The molecule has 0 aliphatic carbocycles. The number of halogens is 5. The van der Waals surface area contributed by atoms with Crippen LogP contribution in [0.15, 0.2) is 49.1 Å². The molecule has 1 aliphatic rings. The van der Waals surface area contributed by atoms with Crippen LogP contribution < -0.4 is 5.32 Å². The Hall–Kier alpha value is -3.21. The van der Waals surface area contributed by atoms with E-state index in [9.17, 15) is 26.7 Å². The van der Waals surface area contributed by atoms with E-state index in [1.165, 1.54) is 0 Å². The first kappa shape index (κ1) is 23.0. The standard InChI is InChI=1S/C22H20F5N5O/c23-21(24)5-8-32(9-6-21)18(15-11-30-20(31-12-15)22(25,26)27)13-29-19(33)17-3-1-2-14-10-28-7-4-16(14)17/h1-4,7,10-12,18H,5-6,8-9,13H2,(H,29,33). The predicted molar refractivity (Wildman–Crippen MR) is 110 cm³/mol. The Morgan fingerprint density at radius 3 is 2.45 bits per heavy atom. The molecule has 11 heteroatoms. The number of nitrogens with one attached hydrogen (secondary N) is 1. The molecule has 1 fully saturated rings. The summed E-state index contributed by atoms with van der Waals surface area (Å²) in [5.41, 5.74) is 0.707. The Morgan fingerprint density at radius 2 is 1.79 bits per heavy atom. The highest BCUT2D eigenvalue weighted by atomic mass is 19.4. The Labute approximate surface area is 185 Å². The maximum Gasteiger partial charge on any atom is 0.451 e. The van der Waals surface area contributed by atoms with E-state index in [0.29, 0.717) is 16.5 Å². The van der Waals surface area contributed by atoms with Crippen molar-refractivity contribution in [3.05, 3.63) is 66.0 Å². The van der Waals surface area contributed by atoms with Gasteiger partial charge in [-0.2, -0.15) is 13.2 Å². The first-order valence-electron chi connectivity index (χ1n) is 10.3. The van der Waals surface area contributed by atoms with Gasteiger partial charge in [-0.25, -0.2) is 18.7 Å². The van der Waals surface area contributed by atoms with Crippen LogP contribution in [0.2, 0.25) is 0 Å². The van der Waals surface area contributed by atoms with Crippen LogP contribution in [0.3, 0.4) is 0 Å². The van der Waals surface area contributed by atoms with Crippen molar-refractivity contribution in [2.45, 2.75) is 31.0 Å². The van der Waals surface area contributed by atoms with Crippen molar-refractivity contribution in [2.75, 3.05) is 19.6 Å². The minimum Gasteiger partial charge on any atom is -0.350 e. The van der Waals surface area contributed by atoms with Gasteiger partial charge in [0.05, 0.1) is 6.04 Å². The molecule has 4 rings (SSSR count). The van der Waals surface area contributed by atoms with Gasteiger partial charge in [-0.05, 0) is 17.5 Å². The van der Waals surface area contributed by atoms with Gasteiger partial charge in [0.15, 0.2) is 0 Å². The number of nitrogens with zero attached hydrogens (tertiary/aromatic N) is 4. The van der Waals surface area contributed by atoms with E-state index in [0.717, 1.165) is 17.8 Å². The lowest BCUT2D eigenvalue weighted by Crippen LogP contribution is -2.45. The zero-order valence-corrected chi connectivity index (χ0v) is 17.3. The molecular weight excluding hydrogens is 445 g/mol. The Balaban J connectivity index is 1.56. The zero-order valence-electron chi connectivity index (χ0n) is 17.3. The molecule has 1 saturated heterocycles. The molecule has 3 aromatic rings. The van der Waals surface area contributed by atoms with Crippen molar-refractivity contribution in [1.29, 1.82) is 0 Å². The minimum absolute atomic E-state index is 0.0133. The summed E-state index contributed by atoms with van der Waals surface area (Å²) in [6, 6.07) is 6.22. The SMILES string of the molecule is O=C(NCC(c1cnc(C(F)(F)F)nc1)N1CCC(F)(F)CC1)c1cccc2cnccc12. The van der Waals surface area contributed by atoms with Gasteiger partial charge in [0.2, 0.25) is 5.82 Å². The Kier molecular flexibility index (Phi) is 6.24. The number of fused-ring (bicyclic) bond motifs is 1. The van der Waals surface area contributed by atoms with Crippen LogP contribution in [0.4, 0.5) is 22.0 Å². The highest BCUT2D eigenvalue weighted by Gasteiger charge is 2.38. The average Bonchev–Trinajstić information content (AvgIpc) is 2.79. The van der Waals surface area contributed by atoms with Crippen LogP contribution in [0.5, 0.6) is 0 Å². The van der Waals surface area contributed by atoms with Crippen LogP contribution in [-0.2, 0) is 6.18 Å². The van der Waals surface area contributed by atoms with Crippen molar-refractivity contribution in [3.8, 4) is 0 Å². The number of benzene rings is 1. The summed E-state index contributed by atoms with van der Waals surface area (Å²) in [5.74, 6) is -4.48. The number of hydrogen-bond donors (Lipinski definition) is 1. The number of carbonyl (C=O) groups excluding carboxylic acids is 1. The van der Waals surface area contributed by atoms with Gasteiger partial charge in [-0.1, -0.05) is 12.1 Å². The first-order valence-corrected chi connectivity index (χ1v) is 10.3. The van der Waals surface area contributed by atoms with E-state index in [2.05, 4.69) is 20.3 Å². The van der Waals surface area contributed by atoms with Crippen LogP contribution >= 0.6 is 0 Å². The molecule has 3 heterocycles. The van der Waals surface area contributed by atoms with Gasteiger partial charge in [0.1, 0.15) is 0 Å². The summed E-state index contributed by atoms with van der Waals surface area (Å²) in [5, 5.41) is 4.25. The van der Waals surface area contributed by atoms with Crippen LogP contribution in [0.1, 0.15) is 40.6 Å². The maximum atomic E-state index is 13.7. The average molecular weight is 465 g/mol. The molecule has 2 aromatic heterocycles. The number of pyridine rings is 1. The van der Waals surface area contributed by atoms with E-state index in [1.807, 2.05) is 6.07 Å². The number of carbonyl (C=O) groups is 1. The van der Waals surface area contributed by atoms with Gasteiger partial charge < -0.3 is 5.32 Å². The Bertz CT molecular complexity index is 1120. The minimum atomic E-state index is -4.70. The highest BCUT2D eigenvalue weighted by Crippen LogP contribution is 2.33. The largest absolute Gasteiger partial charge is 0.451 e. The quantitative estimate of drug-likeness (QED) is 0.571. The number of hydrogen-bond acceptors (Lipinski definition) is 5. The number of aromatic nitrogens is 3. The Morgan fingerprint density at radius 1 is 1.09 bits per heavy atom. The summed E-state index contributed by atoms with van der Waals surface area (Å²) in [6.45, 7) is 0.0313. The van der Waals surface area contributed by atoms with Gasteiger partial charge in [0, 0.05) is 73.8 Å². The summed E-state index contributed by atoms with van der Waals surface area (Å²) in [6.07, 6.45) is -0.202. The smallest absolute Gasteiger partial charge is 0.350 e. The van der Waals surface area contributed by atoms with Crippen molar-refractivity contribution in [2.24, 2.45) is 0 Å². The fraction of sp³-hybridized carbons (Fsp3) is 0.364. The van der Waals surface area contributed by atoms with Crippen LogP contribution in [0, 0.1) is 0 Å². The first-order chi connectivity index (χ1) is 15.6. The molecular formula is C22H20F5N5O. The zero-order chi connectivity index (χ0) is 23.6. The third-order valence-electron chi connectivity index (χ3n) is 5.66. The molecule has 0 radical (unpaired) electrons. The molecule has 1 N–H and O–H groups in total. The molecule has 0 bridgehead atoms. The van der Waals surface area contributed by atoms with E-state index < -0.39 is 29.9 Å². The number of alkyl halides is 5. The second kappa shape index (κ2) is 8.97. The van der Waals surface area contributed by atoms with E-state index in [-0.39, 0.29) is 32.5 Å². The second-order valence-electron chi connectivity index (χ2n) is 7.86. The molecule has 33 heavy (non-hydrogen) atoms. The molecule has 174 valence electrons. The van der Waals surface area contributed by atoms with Crippen molar-refractivity contribution < 1.29 is 26.7 Å². The molecule has 1 aromatic carbocycles. The summed E-state index contributed by atoms with van der Waals surface area (Å²) < 4.78 is 65.9. The fourth-order valence-corrected chi connectivity index (χ4v) is 3.88. The van der Waals surface area contributed by atoms with Gasteiger partial charge in [-0.15, -0.1) is 0 Å². The van der Waals surface area contributed by atoms with Crippen molar-refractivity contribution >= 4 is 16.7 Å². The van der Waals surface area contributed by atoms with E-state index in [1.54, 1.807) is 35.5 Å². The summed E-state index contributed by atoms with van der Waals surface area (Å²) in [7, 11) is 0. The van der Waals surface area contributed by atoms with Crippen LogP contribution in [-0.4, -0.2) is 51.3 Å². The molecule has 1 aliphatic heterocycles. The lowest BCUT2D eigenvalue weighted by atomic mass is 10.0. The number of piperidine rings is 1. The number of rotatable bonds is 5. The van der Waals surface area contributed by atoms with Crippen LogP contribution in [0.25, 0.3) is 10.8 Å². The summed E-state index contributed by atoms with van der Waals surface area (Å²) in [4.78, 5) is 25.4. The maximum absolute atomic E-state index is 13.7. The van der Waals surface area contributed by atoms with Crippen molar-refractivity contribution in [3.63, 3.8) is 0 Å². The molecule has 6 nitrogen and oxygen atoms in total. The van der Waals surface area contributed by atoms with E-state index in [4.69, 9.17) is 0 Å².